The molecule has 2 aromatic rings. The molecule has 1 aromatic heterocycles. The highest BCUT2D eigenvalue weighted by Gasteiger charge is 2.37. The average molecular weight is 385 g/mol. The summed E-state index contributed by atoms with van der Waals surface area (Å²) in [4.78, 5) is 14.3. The lowest BCUT2D eigenvalue weighted by Gasteiger charge is -2.27. The van der Waals surface area contributed by atoms with Crippen LogP contribution in [0, 0.1) is 5.92 Å². The molecule has 1 amide bonds. The molecule has 1 aromatic carbocycles. The molecule has 1 N–H and O–H groups in total. The van der Waals surface area contributed by atoms with Crippen molar-refractivity contribution >= 4 is 18.3 Å². The van der Waals surface area contributed by atoms with Crippen LogP contribution in [0.3, 0.4) is 0 Å². The topological polar surface area (TPSA) is 50.2 Å². The second kappa shape index (κ2) is 9.09. The maximum atomic E-state index is 13.0. The van der Waals surface area contributed by atoms with Crippen molar-refractivity contribution in [1.82, 2.24) is 20.0 Å². The molecule has 5 nitrogen and oxygen atoms in total. The van der Waals surface area contributed by atoms with Gasteiger partial charge in [-0.25, -0.2) is 8.78 Å². The molecule has 1 aliphatic rings. The molecule has 142 valence electrons. The zero-order chi connectivity index (χ0) is 17.8. The van der Waals surface area contributed by atoms with E-state index < -0.39 is 13.0 Å². The van der Waals surface area contributed by atoms with E-state index >= 15 is 0 Å². The van der Waals surface area contributed by atoms with Crippen LogP contribution < -0.4 is 5.32 Å². The molecule has 0 bridgehead atoms. The van der Waals surface area contributed by atoms with Gasteiger partial charge in [-0.15, -0.1) is 12.4 Å². The first kappa shape index (κ1) is 20.3. The monoisotopic (exact) mass is 384 g/mol. The summed E-state index contributed by atoms with van der Waals surface area (Å²) in [5.74, 6) is -0.633. The number of alkyl halides is 2. The lowest BCUT2D eigenvalue weighted by Crippen LogP contribution is -2.41. The molecule has 1 aliphatic heterocycles. The van der Waals surface area contributed by atoms with Gasteiger partial charge in [-0.05, 0) is 11.1 Å². The minimum absolute atomic E-state index is 0. The number of hydrogen-bond donors (Lipinski definition) is 1. The Morgan fingerprint density at radius 2 is 2.08 bits per heavy atom. The van der Waals surface area contributed by atoms with Crippen LogP contribution in [0.2, 0.25) is 0 Å². The van der Waals surface area contributed by atoms with Gasteiger partial charge in [0.2, 0.25) is 5.91 Å². The second-order valence-electron chi connectivity index (χ2n) is 6.41. The highest BCUT2D eigenvalue weighted by molar-refractivity contribution is 5.85. The quantitative estimate of drug-likeness (QED) is 0.832. The summed E-state index contributed by atoms with van der Waals surface area (Å²) in [6.45, 7) is 0.785. The average Bonchev–Trinajstić information content (AvgIpc) is 3.22. The predicted molar refractivity (Wildman–Crippen MR) is 97.4 cm³/mol. The molecule has 0 radical (unpaired) electrons. The Kier molecular flexibility index (Phi) is 7.11. The van der Waals surface area contributed by atoms with Gasteiger partial charge in [-0.3, -0.25) is 9.48 Å². The predicted octanol–water partition coefficient (Wildman–Crippen LogP) is 2.44. The van der Waals surface area contributed by atoms with Gasteiger partial charge in [-0.2, -0.15) is 5.10 Å². The van der Waals surface area contributed by atoms with Crippen LogP contribution in [-0.2, 0) is 18.4 Å². The Morgan fingerprint density at radius 3 is 2.69 bits per heavy atom. The molecule has 0 saturated carbocycles. The molecular formula is C18H23ClF2N4O. The molecule has 0 unspecified atom stereocenters. The van der Waals surface area contributed by atoms with E-state index in [0.717, 1.165) is 11.1 Å². The maximum absolute atomic E-state index is 13.0. The first-order valence-corrected chi connectivity index (χ1v) is 8.34. The third-order valence-corrected chi connectivity index (χ3v) is 4.57. The zero-order valence-corrected chi connectivity index (χ0v) is 15.3. The summed E-state index contributed by atoms with van der Waals surface area (Å²) < 4.78 is 27.8. The Labute approximate surface area is 157 Å². The van der Waals surface area contributed by atoms with Gasteiger partial charge < -0.3 is 10.2 Å². The first-order chi connectivity index (χ1) is 12.0. The number of hydrogen-bond acceptors (Lipinski definition) is 3. The van der Waals surface area contributed by atoms with E-state index in [2.05, 4.69) is 10.4 Å². The van der Waals surface area contributed by atoms with Gasteiger partial charge in [0, 0.05) is 38.8 Å². The van der Waals surface area contributed by atoms with E-state index in [-0.39, 0.29) is 36.7 Å². The number of carbonyl (C=O) groups excluding carboxylic acids is 1. The minimum Gasteiger partial charge on any atom is -0.332 e. The Balaban J connectivity index is 0.00000243. The van der Waals surface area contributed by atoms with Crippen LogP contribution in [-0.4, -0.2) is 46.6 Å². The number of aryl methyl sites for hydroxylation is 1. The van der Waals surface area contributed by atoms with Crippen LogP contribution in [0.15, 0.2) is 42.7 Å². The van der Waals surface area contributed by atoms with Gasteiger partial charge in [0.25, 0.3) is 6.43 Å². The number of nitrogens with zero attached hydrogens (tertiary/aromatic N) is 3. The van der Waals surface area contributed by atoms with Crippen LogP contribution in [0.1, 0.15) is 17.0 Å². The number of rotatable bonds is 6. The van der Waals surface area contributed by atoms with Crippen LogP contribution >= 0.6 is 12.4 Å². The third-order valence-electron chi connectivity index (χ3n) is 4.57. The number of amides is 1. The van der Waals surface area contributed by atoms with Crippen molar-refractivity contribution in [1.29, 1.82) is 0 Å². The summed E-state index contributed by atoms with van der Waals surface area (Å²) in [5, 5.41) is 7.37. The highest BCUT2D eigenvalue weighted by Crippen LogP contribution is 2.30. The summed E-state index contributed by atoms with van der Waals surface area (Å²) in [5.41, 5.74) is 1.81. The SMILES string of the molecule is Cl.Cn1cc([C@H]2CNC[C@@H]2C(=O)N(Cc2ccccc2)CC(F)F)cn1. The number of benzene rings is 1. The van der Waals surface area contributed by atoms with E-state index in [1.807, 2.05) is 43.6 Å². The van der Waals surface area contributed by atoms with Crippen molar-refractivity contribution in [2.45, 2.75) is 18.9 Å². The third kappa shape index (κ3) is 4.80. The fourth-order valence-corrected chi connectivity index (χ4v) is 3.36. The minimum atomic E-state index is -2.56. The number of nitrogens with one attached hydrogen (secondary N) is 1. The maximum Gasteiger partial charge on any atom is 0.255 e. The molecule has 2 atom stereocenters. The van der Waals surface area contributed by atoms with Crippen LogP contribution in [0.4, 0.5) is 8.78 Å². The largest absolute Gasteiger partial charge is 0.332 e. The first-order valence-electron chi connectivity index (χ1n) is 8.34. The summed E-state index contributed by atoms with van der Waals surface area (Å²) in [7, 11) is 1.82. The molecule has 1 fully saturated rings. The van der Waals surface area contributed by atoms with Gasteiger partial charge in [0.1, 0.15) is 0 Å². The van der Waals surface area contributed by atoms with Gasteiger partial charge in [0.15, 0.2) is 0 Å². The fourth-order valence-electron chi connectivity index (χ4n) is 3.36. The van der Waals surface area contributed by atoms with Crippen molar-refractivity contribution in [3.63, 3.8) is 0 Å². The zero-order valence-electron chi connectivity index (χ0n) is 14.5. The summed E-state index contributed by atoms with van der Waals surface area (Å²) in [6.07, 6.45) is 1.07. The number of carbonyl (C=O) groups is 1. The van der Waals surface area contributed by atoms with Crippen molar-refractivity contribution in [2.24, 2.45) is 13.0 Å². The smallest absolute Gasteiger partial charge is 0.255 e. The second-order valence-corrected chi connectivity index (χ2v) is 6.41. The van der Waals surface area contributed by atoms with E-state index in [4.69, 9.17) is 0 Å². The lowest BCUT2D eigenvalue weighted by atomic mass is 9.89. The van der Waals surface area contributed by atoms with Crippen molar-refractivity contribution in [3.8, 4) is 0 Å². The number of halogens is 3. The Morgan fingerprint density at radius 1 is 1.35 bits per heavy atom. The molecule has 3 rings (SSSR count). The van der Waals surface area contributed by atoms with E-state index in [1.165, 1.54) is 4.90 Å². The van der Waals surface area contributed by atoms with Gasteiger partial charge in [-0.1, -0.05) is 30.3 Å². The van der Waals surface area contributed by atoms with Crippen molar-refractivity contribution in [2.75, 3.05) is 19.6 Å². The fraction of sp³-hybridized carbons (Fsp3) is 0.444. The number of aromatic nitrogens is 2. The standard InChI is InChI=1S/C18H22F2N4O.ClH/c1-23-11-14(7-22-23)15-8-21-9-16(15)18(25)24(12-17(19)20)10-13-5-3-2-4-6-13;/h2-7,11,15-17,21H,8-10,12H2,1H3;1H/t15-,16+;/m1./s1. The van der Waals surface area contributed by atoms with Crippen molar-refractivity contribution in [3.05, 3.63) is 53.9 Å². The molecule has 8 heteroatoms. The van der Waals surface area contributed by atoms with E-state index in [9.17, 15) is 13.6 Å². The van der Waals surface area contributed by atoms with E-state index in [1.54, 1.807) is 10.9 Å². The Bertz CT molecular complexity index is 710. The van der Waals surface area contributed by atoms with Gasteiger partial charge >= 0.3 is 0 Å². The van der Waals surface area contributed by atoms with E-state index in [0.29, 0.717) is 13.1 Å². The summed E-state index contributed by atoms with van der Waals surface area (Å²) in [6, 6.07) is 9.24. The van der Waals surface area contributed by atoms with Crippen molar-refractivity contribution < 1.29 is 13.6 Å². The molecule has 0 aliphatic carbocycles. The normalized spacial score (nSPS) is 19.4. The molecule has 26 heavy (non-hydrogen) atoms. The lowest BCUT2D eigenvalue weighted by molar-refractivity contribution is -0.138. The van der Waals surface area contributed by atoms with Crippen LogP contribution in [0.5, 0.6) is 0 Å². The highest BCUT2D eigenvalue weighted by atomic mass is 35.5. The molecule has 2 heterocycles. The van der Waals surface area contributed by atoms with Gasteiger partial charge in [0.05, 0.1) is 18.7 Å². The molecular weight excluding hydrogens is 362 g/mol. The molecule has 0 spiro atoms. The van der Waals surface area contributed by atoms with Crippen LogP contribution in [0.25, 0.3) is 0 Å². The summed E-state index contributed by atoms with van der Waals surface area (Å²) >= 11 is 0. The molecule has 1 saturated heterocycles. The Hall–Kier alpha value is -1.99.